The first-order chi connectivity index (χ1) is 11.8. The van der Waals surface area contributed by atoms with Crippen LogP contribution in [0.1, 0.15) is 33.6 Å². The Morgan fingerprint density at radius 1 is 1.32 bits per heavy atom. The van der Waals surface area contributed by atoms with Gasteiger partial charge in [-0.1, -0.05) is 38.2 Å². The van der Waals surface area contributed by atoms with Crippen molar-refractivity contribution in [1.29, 1.82) is 0 Å². The van der Waals surface area contributed by atoms with Crippen LogP contribution in [-0.2, 0) is 4.79 Å². The Balaban J connectivity index is 1.69. The SMILES string of the molecule is COc1cccc2sc(N3CCC(N(C)C(=O)C(C)(C)C)CC3)nc12. The maximum Gasteiger partial charge on any atom is 0.227 e. The van der Waals surface area contributed by atoms with Crippen LogP contribution in [0, 0.1) is 5.41 Å². The molecule has 0 bridgehead atoms. The monoisotopic (exact) mass is 361 g/mol. The van der Waals surface area contributed by atoms with Crippen LogP contribution >= 0.6 is 11.3 Å². The molecule has 6 heteroatoms. The van der Waals surface area contributed by atoms with Crippen molar-refractivity contribution in [2.45, 2.75) is 39.7 Å². The van der Waals surface area contributed by atoms with Gasteiger partial charge in [-0.05, 0) is 25.0 Å². The van der Waals surface area contributed by atoms with E-state index in [0.29, 0.717) is 6.04 Å². The molecule has 1 aromatic heterocycles. The van der Waals surface area contributed by atoms with Crippen LogP contribution in [0.15, 0.2) is 18.2 Å². The molecule has 0 saturated carbocycles. The fourth-order valence-electron chi connectivity index (χ4n) is 3.35. The number of fused-ring (bicyclic) bond motifs is 1. The normalized spacial score (nSPS) is 16.3. The van der Waals surface area contributed by atoms with Crippen molar-refractivity contribution in [3.05, 3.63) is 18.2 Å². The molecule has 0 aliphatic carbocycles. The van der Waals surface area contributed by atoms with Gasteiger partial charge < -0.3 is 14.5 Å². The standard InChI is InChI=1S/C19H27N3O2S/c1-19(2,3)17(23)21(4)13-9-11-22(12-10-13)18-20-16-14(24-5)7-6-8-15(16)25-18/h6-8,13H,9-12H2,1-5H3. The van der Waals surface area contributed by atoms with Crippen LogP contribution in [0.3, 0.4) is 0 Å². The average molecular weight is 362 g/mol. The zero-order valence-corrected chi connectivity index (χ0v) is 16.5. The minimum absolute atomic E-state index is 0.218. The first kappa shape index (κ1) is 18.0. The van der Waals surface area contributed by atoms with Gasteiger partial charge in [0.2, 0.25) is 5.91 Å². The summed E-state index contributed by atoms with van der Waals surface area (Å²) in [5.74, 6) is 1.04. The van der Waals surface area contributed by atoms with Crippen molar-refractivity contribution < 1.29 is 9.53 Å². The number of carbonyl (C=O) groups excluding carboxylic acids is 1. The minimum atomic E-state index is -0.324. The molecule has 1 aliphatic heterocycles. The van der Waals surface area contributed by atoms with E-state index in [9.17, 15) is 4.79 Å². The van der Waals surface area contributed by atoms with Gasteiger partial charge in [0.05, 0.1) is 11.8 Å². The Kier molecular flexibility index (Phi) is 4.91. The first-order valence-electron chi connectivity index (χ1n) is 8.77. The Morgan fingerprint density at radius 3 is 2.60 bits per heavy atom. The lowest BCUT2D eigenvalue weighted by Crippen LogP contribution is -2.48. The molecule has 0 radical (unpaired) electrons. The number of thiazole rings is 1. The van der Waals surface area contributed by atoms with E-state index in [1.165, 1.54) is 0 Å². The van der Waals surface area contributed by atoms with Gasteiger partial charge >= 0.3 is 0 Å². The van der Waals surface area contributed by atoms with Crippen molar-refractivity contribution in [3.63, 3.8) is 0 Å². The highest BCUT2D eigenvalue weighted by Gasteiger charge is 2.32. The highest BCUT2D eigenvalue weighted by molar-refractivity contribution is 7.22. The summed E-state index contributed by atoms with van der Waals surface area (Å²) in [5.41, 5.74) is 0.613. The van der Waals surface area contributed by atoms with Crippen LogP contribution < -0.4 is 9.64 Å². The third kappa shape index (κ3) is 3.59. The van der Waals surface area contributed by atoms with Crippen LogP contribution in [0.25, 0.3) is 10.2 Å². The average Bonchev–Trinajstić information content (AvgIpc) is 3.04. The molecule has 3 rings (SSSR count). The number of hydrogen-bond donors (Lipinski definition) is 0. The summed E-state index contributed by atoms with van der Waals surface area (Å²) >= 11 is 1.71. The quantitative estimate of drug-likeness (QED) is 0.835. The molecule has 1 aliphatic rings. The Bertz CT molecular complexity index is 758. The van der Waals surface area contributed by atoms with Gasteiger partial charge in [-0.15, -0.1) is 0 Å². The van der Waals surface area contributed by atoms with E-state index in [-0.39, 0.29) is 11.3 Å². The van der Waals surface area contributed by atoms with Gasteiger partial charge in [0.15, 0.2) is 5.13 Å². The number of nitrogens with zero attached hydrogens (tertiary/aromatic N) is 3. The molecule has 2 aromatic rings. The lowest BCUT2D eigenvalue weighted by Gasteiger charge is -2.38. The number of ether oxygens (including phenoxy) is 1. The lowest BCUT2D eigenvalue weighted by atomic mass is 9.93. The maximum atomic E-state index is 12.5. The van der Waals surface area contributed by atoms with Crippen LogP contribution in [0.5, 0.6) is 5.75 Å². The number of rotatable bonds is 3. The predicted octanol–water partition coefficient (Wildman–Crippen LogP) is 3.78. The zero-order valence-electron chi connectivity index (χ0n) is 15.7. The van der Waals surface area contributed by atoms with E-state index in [1.54, 1.807) is 18.4 Å². The number of piperidine rings is 1. The molecule has 1 fully saturated rings. The molecule has 0 atom stereocenters. The first-order valence-corrected chi connectivity index (χ1v) is 9.58. The second-order valence-corrected chi connectivity index (χ2v) is 8.70. The third-order valence-electron chi connectivity index (χ3n) is 4.84. The van der Waals surface area contributed by atoms with Crippen molar-refractivity contribution in [2.75, 3.05) is 32.1 Å². The highest BCUT2D eigenvalue weighted by atomic mass is 32.1. The fourth-order valence-corrected chi connectivity index (χ4v) is 4.39. The molecule has 1 aromatic carbocycles. The Labute approximate surface area is 153 Å². The number of benzene rings is 1. The Morgan fingerprint density at radius 2 is 2.00 bits per heavy atom. The van der Waals surface area contributed by atoms with Gasteiger partial charge in [0.1, 0.15) is 11.3 Å². The highest BCUT2D eigenvalue weighted by Crippen LogP contribution is 2.35. The van der Waals surface area contributed by atoms with Crippen molar-refractivity contribution >= 4 is 32.6 Å². The van der Waals surface area contributed by atoms with E-state index in [1.807, 2.05) is 44.9 Å². The molecule has 136 valence electrons. The molecular weight excluding hydrogens is 334 g/mol. The van der Waals surface area contributed by atoms with E-state index in [4.69, 9.17) is 9.72 Å². The van der Waals surface area contributed by atoms with E-state index in [0.717, 1.165) is 47.0 Å². The van der Waals surface area contributed by atoms with Crippen molar-refractivity contribution in [1.82, 2.24) is 9.88 Å². The van der Waals surface area contributed by atoms with E-state index < -0.39 is 0 Å². The van der Waals surface area contributed by atoms with E-state index in [2.05, 4.69) is 11.0 Å². The lowest BCUT2D eigenvalue weighted by molar-refractivity contribution is -0.140. The second-order valence-electron chi connectivity index (χ2n) is 7.69. The number of para-hydroxylation sites is 1. The summed E-state index contributed by atoms with van der Waals surface area (Å²) in [5, 5.41) is 1.04. The summed E-state index contributed by atoms with van der Waals surface area (Å²) < 4.78 is 6.57. The van der Waals surface area contributed by atoms with Gasteiger partial charge in [-0.25, -0.2) is 4.98 Å². The van der Waals surface area contributed by atoms with Crippen LogP contribution in [0.4, 0.5) is 5.13 Å². The number of aromatic nitrogens is 1. The summed E-state index contributed by atoms with van der Waals surface area (Å²) in [7, 11) is 3.62. The number of amides is 1. The van der Waals surface area contributed by atoms with Gasteiger partial charge in [-0.2, -0.15) is 0 Å². The topological polar surface area (TPSA) is 45.7 Å². The van der Waals surface area contributed by atoms with Crippen LogP contribution in [0.2, 0.25) is 0 Å². The second kappa shape index (κ2) is 6.83. The van der Waals surface area contributed by atoms with Gasteiger partial charge in [-0.3, -0.25) is 4.79 Å². The van der Waals surface area contributed by atoms with Crippen molar-refractivity contribution in [3.8, 4) is 5.75 Å². The van der Waals surface area contributed by atoms with Crippen molar-refractivity contribution in [2.24, 2.45) is 5.41 Å². The molecule has 25 heavy (non-hydrogen) atoms. The molecule has 0 unspecified atom stereocenters. The van der Waals surface area contributed by atoms with E-state index >= 15 is 0 Å². The molecule has 0 N–H and O–H groups in total. The Hall–Kier alpha value is -1.82. The number of anilines is 1. The predicted molar refractivity (Wildman–Crippen MR) is 104 cm³/mol. The minimum Gasteiger partial charge on any atom is -0.494 e. The van der Waals surface area contributed by atoms with Gasteiger partial charge in [0, 0.05) is 31.6 Å². The molecule has 0 spiro atoms. The number of carbonyl (C=O) groups is 1. The zero-order chi connectivity index (χ0) is 18.2. The molecule has 5 nitrogen and oxygen atoms in total. The number of hydrogen-bond acceptors (Lipinski definition) is 5. The molecule has 1 amide bonds. The summed E-state index contributed by atoms with van der Waals surface area (Å²) in [6.45, 7) is 7.80. The fraction of sp³-hybridized carbons (Fsp3) is 0.579. The van der Waals surface area contributed by atoms with Crippen LogP contribution in [-0.4, -0.2) is 49.1 Å². The smallest absolute Gasteiger partial charge is 0.227 e. The maximum absolute atomic E-state index is 12.5. The van der Waals surface area contributed by atoms with Gasteiger partial charge in [0.25, 0.3) is 0 Å². The summed E-state index contributed by atoms with van der Waals surface area (Å²) in [6, 6.07) is 6.35. The molecular formula is C19H27N3O2S. The molecule has 2 heterocycles. The summed E-state index contributed by atoms with van der Waals surface area (Å²) in [4.78, 5) is 21.6. The third-order valence-corrected chi connectivity index (χ3v) is 5.92. The largest absolute Gasteiger partial charge is 0.494 e. The molecule has 1 saturated heterocycles. The summed E-state index contributed by atoms with van der Waals surface area (Å²) in [6.07, 6.45) is 1.96. The number of methoxy groups -OCH3 is 1.